The molecule has 35 heavy (non-hydrogen) atoms. The number of carboxylic acids is 1. The Balaban J connectivity index is 1.29. The molecule has 0 aromatic heterocycles. The van der Waals surface area contributed by atoms with E-state index in [0.29, 0.717) is 0 Å². The van der Waals surface area contributed by atoms with Crippen LogP contribution in [0, 0.1) is 0 Å². The zero-order valence-electron chi connectivity index (χ0n) is 19.1. The lowest BCUT2D eigenvalue weighted by molar-refractivity contribution is -0.139. The molecule has 1 amide bonds. The lowest BCUT2D eigenvalue weighted by Gasteiger charge is -2.19. The Morgan fingerprint density at radius 1 is 0.743 bits per heavy atom. The van der Waals surface area contributed by atoms with Crippen LogP contribution >= 0.6 is 0 Å². The van der Waals surface area contributed by atoms with Crippen molar-refractivity contribution in [3.63, 3.8) is 0 Å². The number of hydrogen-bond donors (Lipinski definition) is 2. The van der Waals surface area contributed by atoms with Crippen molar-refractivity contribution in [1.29, 1.82) is 0 Å². The largest absolute Gasteiger partial charge is 0.480 e. The lowest BCUT2D eigenvalue weighted by Crippen LogP contribution is -2.43. The molecule has 1 aliphatic rings. The van der Waals surface area contributed by atoms with Gasteiger partial charge in [-0.05, 0) is 38.9 Å². The summed E-state index contributed by atoms with van der Waals surface area (Å²) in [5.74, 6) is -1.20. The predicted molar refractivity (Wildman–Crippen MR) is 135 cm³/mol. The highest BCUT2D eigenvalue weighted by molar-refractivity contribution is 5.82. The van der Waals surface area contributed by atoms with Crippen LogP contribution in [-0.4, -0.2) is 29.8 Å². The SMILES string of the molecule is O=C(NC(Cc1ccccc1-c1ccccc1)C(=O)O)OCC1c2ccccc2-c2ccccc21. The number of fused-ring (bicyclic) bond motifs is 3. The topological polar surface area (TPSA) is 75.6 Å². The minimum Gasteiger partial charge on any atom is -0.480 e. The zero-order valence-corrected chi connectivity index (χ0v) is 19.1. The molecule has 4 aromatic rings. The Kier molecular flexibility index (Phi) is 6.31. The third-order valence-electron chi connectivity index (χ3n) is 6.46. The first kappa shape index (κ1) is 22.4. The van der Waals surface area contributed by atoms with Crippen LogP contribution in [-0.2, 0) is 16.0 Å². The maximum atomic E-state index is 12.7. The molecule has 1 aliphatic carbocycles. The monoisotopic (exact) mass is 463 g/mol. The summed E-state index contributed by atoms with van der Waals surface area (Å²) in [5.41, 5.74) is 7.25. The first-order valence-electron chi connectivity index (χ1n) is 11.6. The number of alkyl carbamates (subject to hydrolysis) is 1. The van der Waals surface area contributed by atoms with Crippen molar-refractivity contribution in [3.05, 3.63) is 120 Å². The number of hydrogen-bond acceptors (Lipinski definition) is 3. The fourth-order valence-electron chi connectivity index (χ4n) is 4.80. The highest BCUT2D eigenvalue weighted by Gasteiger charge is 2.30. The number of carbonyl (C=O) groups is 2. The second-order valence-corrected chi connectivity index (χ2v) is 8.59. The Labute approximate surface area is 204 Å². The average molecular weight is 464 g/mol. The normalized spacial score (nSPS) is 12.9. The van der Waals surface area contributed by atoms with Crippen LogP contribution in [0.3, 0.4) is 0 Å². The first-order valence-corrected chi connectivity index (χ1v) is 11.6. The standard InChI is InChI=1S/C30H25NO4/c32-29(33)28(18-21-12-4-5-13-22(21)20-10-2-1-3-11-20)31-30(34)35-19-27-25-16-8-6-14-23(25)24-15-7-9-17-26(24)27/h1-17,27-28H,18-19H2,(H,31,34)(H,32,33). The number of nitrogens with one attached hydrogen (secondary N) is 1. The second kappa shape index (κ2) is 9.85. The minimum atomic E-state index is -1.12. The van der Waals surface area contributed by atoms with E-state index in [1.54, 1.807) is 0 Å². The molecule has 1 unspecified atom stereocenters. The Hall–Kier alpha value is -4.38. The molecule has 5 heteroatoms. The zero-order chi connectivity index (χ0) is 24.2. The molecule has 2 N–H and O–H groups in total. The molecule has 0 saturated carbocycles. The molecule has 0 fully saturated rings. The van der Waals surface area contributed by atoms with Gasteiger partial charge in [0.2, 0.25) is 0 Å². The Morgan fingerprint density at radius 3 is 1.91 bits per heavy atom. The van der Waals surface area contributed by atoms with Crippen LogP contribution in [0.5, 0.6) is 0 Å². The molecule has 0 aliphatic heterocycles. The van der Waals surface area contributed by atoms with Gasteiger partial charge in [-0.15, -0.1) is 0 Å². The summed E-state index contributed by atoms with van der Waals surface area (Å²) in [6, 6.07) is 32.5. The number of rotatable bonds is 7. The summed E-state index contributed by atoms with van der Waals surface area (Å²) in [6.45, 7) is 0.132. The van der Waals surface area contributed by atoms with Gasteiger partial charge in [-0.1, -0.05) is 103 Å². The van der Waals surface area contributed by atoms with Crippen molar-refractivity contribution >= 4 is 12.1 Å². The number of carbonyl (C=O) groups excluding carboxylic acids is 1. The van der Waals surface area contributed by atoms with E-state index in [-0.39, 0.29) is 18.9 Å². The number of aliphatic carboxylic acids is 1. The second-order valence-electron chi connectivity index (χ2n) is 8.59. The average Bonchev–Trinajstić information content (AvgIpc) is 3.21. The van der Waals surface area contributed by atoms with Gasteiger partial charge in [-0.3, -0.25) is 0 Å². The van der Waals surface area contributed by atoms with Gasteiger partial charge in [0, 0.05) is 12.3 Å². The summed E-state index contributed by atoms with van der Waals surface area (Å²) in [4.78, 5) is 24.7. The number of carboxylic acid groups (broad SMARTS) is 1. The Bertz CT molecular complexity index is 1320. The van der Waals surface area contributed by atoms with Crippen LogP contribution in [0.25, 0.3) is 22.3 Å². The van der Waals surface area contributed by atoms with Gasteiger partial charge in [0.05, 0.1) is 0 Å². The summed E-state index contributed by atoms with van der Waals surface area (Å²) in [7, 11) is 0. The summed E-state index contributed by atoms with van der Waals surface area (Å²) in [6.07, 6.45) is -0.596. The fourth-order valence-corrected chi connectivity index (χ4v) is 4.80. The van der Waals surface area contributed by atoms with Crippen LogP contribution in [0.2, 0.25) is 0 Å². The van der Waals surface area contributed by atoms with Crippen molar-refractivity contribution in [2.45, 2.75) is 18.4 Å². The Morgan fingerprint density at radius 2 is 1.29 bits per heavy atom. The fraction of sp³-hybridized carbons (Fsp3) is 0.133. The van der Waals surface area contributed by atoms with Crippen LogP contribution in [0.15, 0.2) is 103 Å². The van der Waals surface area contributed by atoms with E-state index in [2.05, 4.69) is 17.4 Å². The van der Waals surface area contributed by atoms with E-state index in [1.807, 2.05) is 91.0 Å². The van der Waals surface area contributed by atoms with Crippen molar-refractivity contribution in [2.24, 2.45) is 0 Å². The summed E-state index contributed by atoms with van der Waals surface area (Å²) in [5, 5.41) is 12.4. The summed E-state index contributed by atoms with van der Waals surface area (Å²) < 4.78 is 5.56. The van der Waals surface area contributed by atoms with Crippen LogP contribution in [0.4, 0.5) is 4.79 Å². The minimum absolute atomic E-state index is 0.0877. The highest BCUT2D eigenvalue weighted by Crippen LogP contribution is 2.44. The lowest BCUT2D eigenvalue weighted by atomic mass is 9.95. The molecule has 174 valence electrons. The molecule has 1 atom stereocenters. The van der Waals surface area contributed by atoms with Crippen LogP contribution < -0.4 is 5.32 Å². The van der Waals surface area contributed by atoms with Crippen LogP contribution in [0.1, 0.15) is 22.6 Å². The molecule has 0 radical (unpaired) electrons. The summed E-state index contributed by atoms with van der Waals surface area (Å²) >= 11 is 0. The smallest absolute Gasteiger partial charge is 0.407 e. The molecule has 0 spiro atoms. The molecule has 4 aromatic carbocycles. The maximum Gasteiger partial charge on any atom is 0.407 e. The van der Waals surface area contributed by atoms with E-state index >= 15 is 0 Å². The van der Waals surface area contributed by atoms with Gasteiger partial charge >= 0.3 is 12.1 Å². The molecule has 5 nitrogen and oxygen atoms in total. The van der Waals surface area contributed by atoms with E-state index in [0.717, 1.165) is 38.9 Å². The first-order chi connectivity index (χ1) is 17.1. The maximum absolute atomic E-state index is 12.7. The van der Waals surface area contributed by atoms with Crippen molar-refractivity contribution in [3.8, 4) is 22.3 Å². The van der Waals surface area contributed by atoms with Gasteiger partial charge in [-0.25, -0.2) is 9.59 Å². The van der Waals surface area contributed by atoms with Crippen molar-refractivity contribution < 1.29 is 19.4 Å². The number of benzene rings is 4. The molecule has 5 rings (SSSR count). The van der Waals surface area contributed by atoms with Gasteiger partial charge in [-0.2, -0.15) is 0 Å². The molecular weight excluding hydrogens is 438 g/mol. The quantitative estimate of drug-likeness (QED) is 0.358. The highest BCUT2D eigenvalue weighted by atomic mass is 16.5. The number of amides is 1. The van der Waals surface area contributed by atoms with Gasteiger partial charge in [0.25, 0.3) is 0 Å². The van der Waals surface area contributed by atoms with Gasteiger partial charge < -0.3 is 15.2 Å². The molecule has 0 heterocycles. The number of ether oxygens (including phenoxy) is 1. The van der Waals surface area contributed by atoms with E-state index in [9.17, 15) is 14.7 Å². The third-order valence-corrected chi connectivity index (χ3v) is 6.46. The van der Waals surface area contributed by atoms with E-state index < -0.39 is 18.1 Å². The molecule has 0 saturated heterocycles. The molecular formula is C30H25NO4. The van der Waals surface area contributed by atoms with Crippen molar-refractivity contribution in [1.82, 2.24) is 5.32 Å². The van der Waals surface area contributed by atoms with E-state index in [4.69, 9.17) is 4.74 Å². The predicted octanol–water partition coefficient (Wildman–Crippen LogP) is 5.89. The third kappa shape index (κ3) is 4.66. The van der Waals surface area contributed by atoms with Gasteiger partial charge in [0.1, 0.15) is 12.6 Å². The van der Waals surface area contributed by atoms with Gasteiger partial charge in [0.15, 0.2) is 0 Å². The van der Waals surface area contributed by atoms with E-state index in [1.165, 1.54) is 0 Å². The van der Waals surface area contributed by atoms with Crippen molar-refractivity contribution in [2.75, 3.05) is 6.61 Å². The molecule has 0 bridgehead atoms.